The molecule has 2 N–H and O–H groups in total. The fourth-order valence-electron chi connectivity index (χ4n) is 8.57. The van der Waals surface area contributed by atoms with Crippen molar-refractivity contribution in [2.45, 2.75) is 35.0 Å². The smallest absolute Gasteiger partial charge is 0.418 e. The molecular formula is C35H24BrF6N3O5S2. The zero-order valence-corrected chi connectivity index (χ0v) is 29.5. The fraction of sp³-hybridized carbons (Fsp3) is 0.314. The summed E-state index contributed by atoms with van der Waals surface area (Å²) in [5.41, 5.74) is -2.52. The summed E-state index contributed by atoms with van der Waals surface area (Å²) < 4.78 is 89.3. The minimum atomic E-state index is -4.81. The Kier molecular flexibility index (Phi) is 8.41. The number of thioether (sulfide) groups is 1. The van der Waals surface area contributed by atoms with Crippen molar-refractivity contribution in [3.05, 3.63) is 102 Å². The lowest BCUT2D eigenvalue weighted by molar-refractivity contribution is -0.138. The molecule has 7 atom stereocenters. The van der Waals surface area contributed by atoms with E-state index < -0.39 is 82.9 Å². The average Bonchev–Trinajstić information content (AvgIpc) is 3.82. The Balaban J connectivity index is 1.14. The number of carbonyl (C=O) groups is 3. The molecule has 2 bridgehead atoms. The van der Waals surface area contributed by atoms with Crippen molar-refractivity contribution >= 4 is 68.1 Å². The number of ether oxygens (including phenoxy) is 1. The van der Waals surface area contributed by atoms with Crippen molar-refractivity contribution in [1.82, 2.24) is 4.98 Å². The van der Waals surface area contributed by atoms with Gasteiger partial charge in [0, 0.05) is 26.1 Å². The Labute approximate surface area is 307 Å². The van der Waals surface area contributed by atoms with E-state index in [-0.39, 0.29) is 27.7 Å². The quantitative estimate of drug-likeness (QED) is 0.151. The highest BCUT2D eigenvalue weighted by molar-refractivity contribution is 9.10. The maximum Gasteiger partial charge on any atom is 0.418 e. The molecule has 3 fully saturated rings. The summed E-state index contributed by atoms with van der Waals surface area (Å²) in [7, 11) is 0. The van der Waals surface area contributed by atoms with Gasteiger partial charge >= 0.3 is 17.2 Å². The van der Waals surface area contributed by atoms with Crippen molar-refractivity contribution in [2.24, 2.45) is 29.6 Å². The number of aromatic amines is 1. The number of amides is 3. The molecule has 1 aromatic heterocycles. The summed E-state index contributed by atoms with van der Waals surface area (Å²) >= 11 is 5.83. The van der Waals surface area contributed by atoms with Crippen LogP contribution >= 0.6 is 39.0 Å². The lowest BCUT2D eigenvalue weighted by Crippen LogP contribution is -2.42. The molecule has 2 aliphatic heterocycles. The molecule has 8 nitrogen and oxygen atoms in total. The molecule has 17 heteroatoms. The SMILES string of the molecule is O=C(COc1ccc(Br)cc1[C@H]1c2sc(=O)[nH]c2SC2C1[C@H]1C[C@@H]2C2C(=O)N(c3ccccc3C(F)(F)F)C(=O)C21)Nc1ccccc1C(F)(F)F. The molecule has 3 amide bonds. The van der Waals surface area contributed by atoms with E-state index in [0.717, 1.165) is 35.6 Å². The van der Waals surface area contributed by atoms with E-state index in [2.05, 4.69) is 26.2 Å². The number of halogens is 7. The predicted octanol–water partition coefficient (Wildman–Crippen LogP) is 7.93. The van der Waals surface area contributed by atoms with Crippen molar-refractivity contribution in [2.75, 3.05) is 16.8 Å². The number of anilines is 2. The molecule has 4 aliphatic rings. The Morgan fingerprint density at radius 3 is 2.27 bits per heavy atom. The normalized spacial score (nSPS) is 26.3. The number of rotatable bonds is 6. The number of alkyl halides is 6. The van der Waals surface area contributed by atoms with Crippen LogP contribution in [0, 0.1) is 29.6 Å². The zero-order chi connectivity index (χ0) is 36.9. The van der Waals surface area contributed by atoms with Gasteiger partial charge in [0.25, 0.3) is 5.91 Å². The second-order valence-corrected chi connectivity index (χ2v) is 16.2. The molecule has 4 unspecified atom stereocenters. The number of carbonyl (C=O) groups excluding carboxylic acids is 3. The number of nitrogens with zero attached hydrogens (tertiary/aromatic N) is 1. The van der Waals surface area contributed by atoms with Crippen LogP contribution in [-0.2, 0) is 26.7 Å². The molecule has 2 aliphatic carbocycles. The summed E-state index contributed by atoms with van der Waals surface area (Å²) in [6, 6.07) is 14.0. The zero-order valence-electron chi connectivity index (χ0n) is 26.3. The van der Waals surface area contributed by atoms with Crippen LogP contribution in [0.2, 0.25) is 0 Å². The van der Waals surface area contributed by atoms with Crippen LogP contribution in [0.5, 0.6) is 5.75 Å². The van der Waals surface area contributed by atoms with Gasteiger partial charge in [0.2, 0.25) is 11.8 Å². The van der Waals surface area contributed by atoms with E-state index in [1.54, 1.807) is 18.2 Å². The number of H-pyrrole nitrogens is 1. The number of imide groups is 1. The van der Waals surface area contributed by atoms with E-state index in [4.69, 9.17) is 4.74 Å². The third kappa shape index (κ3) is 5.66. The van der Waals surface area contributed by atoms with Gasteiger partial charge in [-0.05, 0) is 66.6 Å². The molecule has 270 valence electrons. The number of hydrogen-bond donors (Lipinski definition) is 2. The standard InChI is InChI=1S/C35H24BrF6N3O5S2/c36-14-9-10-22(50-13-23(46)43-20-7-3-1-5-18(20)34(37,38)39)15(11-14)24-25-16-12-17(28(25)51-30-29(24)52-33(49)44-30)27-26(16)31(47)45(32(27)48)21-8-4-2-6-19(21)35(40,41)42/h1-11,16-17,24-28H,12-13H2,(H,43,46)(H,44,49)/t16-,17-,24-,25?,26?,27?,28?/m1/s1. The van der Waals surface area contributed by atoms with Crippen molar-refractivity contribution in [3.63, 3.8) is 0 Å². The van der Waals surface area contributed by atoms with Gasteiger partial charge in [-0.1, -0.05) is 51.5 Å². The van der Waals surface area contributed by atoms with Crippen LogP contribution in [0.1, 0.15) is 33.9 Å². The first kappa shape index (κ1) is 35.0. The third-order valence-corrected chi connectivity index (χ3v) is 13.4. The number of para-hydroxylation sites is 2. The number of aromatic nitrogens is 1. The minimum Gasteiger partial charge on any atom is -0.483 e. The highest BCUT2D eigenvalue weighted by atomic mass is 79.9. The van der Waals surface area contributed by atoms with Crippen LogP contribution in [0.25, 0.3) is 0 Å². The molecular weight excluding hydrogens is 800 g/mol. The average molecular weight is 825 g/mol. The summed E-state index contributed by atoms with van der Waals surface area (Å²) in [6.07, 6.45) is -9.05. The third-order valence-electron chi connectivity index (χ3n) is 10.3. The van der Waals surface area contributed by atoms with E-state index in [0.29, 0.717) is 31.3 Å². The molecule has 1 saturated heterocycles. The maximum atomic E-state index is 14.1. The first-order valence-corrected chi connectivity index (χ1v) is 18.4. The van der Waals surface area contributed by atoms with Crippen molar-refractivity contribution in [3.8, 4) is 5.75 Å². The van der Waals surface area contributed by atoms with Gasteiger partial charge in [-0.25, -0.2) is 4.90 Å². The molecule has 8 rings (SSSR count). The first-order chi connectivity index (χ1) is 24.6. The summed E-state index contributed by atoms with van der Waals surface area (Å²) in [5.74, 6) is -5.56. The second-order valence-electron chi connectivity index (χ2n) is 13.0. The molecule has 3 aromatic carbocycles. The van der Waals surface area contributed by atoms with Gasteiger partial charge in [0.15, 0.2) is 6.61 Å². The first-order valence-electron chi connectivity index (χ1n) is 16.0. The van der Waals surface area contributed by atoms with Crippen LogP contribution < -0.4 is 19.8 Å². The van der Waals surface area contributed by atoms with Crippen LogP contribution in [0.3, 0.4) is 0 Å². The topological polar surface area (TPSA) is 109 Å². The van der Waals surface area contributed by atoms with Gasteiger partial charge in [-0.3, -0.25) is 19.2 Å². The molecule has 2 saturated carbocycles. The summed E-state index contributed by atoms with van der Waals surface area (Å²) in [4.78, 5) is 57.6. The summed E-state index contributed by atoms with van der Waals surface area (Å²) in [5, 5.41) is 2.51. The van der Waals surface area contributed by atoms with E-state index in [9.17, 15) is 45.5 Å². The number of hydrogen-bond acceptors (Lipinski definition) is 7. The van der Waals surface area contributed by atoms with Crippen LogP contribution in [0.15, 0.2) is 81.0 Å². The highest BCUT2D eigenvalue weighted by Crippen LogP contribution is 2.69. The number of thiazole rings is 1. The largest absolute Gasteiger partial charge is 0.483 e. The molecule has 0 radical (unpaired) electrons. The lowest BCUT2D eigenvalue weighted by atomic mass is 9.68. The van der Waals surface area contributed by atoms with Gasteiger partial charge in [0.05, 0.1) is 39.4 Å². The molecule has 0 spiro atoms. The highest BCUT2D eigenvalue weighted by Gasteiger charge is 2.70. The van der Waals surface area contributed by atoms with Gasteiger partial charge in [-0.15, -0.1) is 11.8 Å². The van der Waals surface area contributed by atoms with Gasteiger partial charge in [0.1, 0.15) is 5.75 Å². The van der Waals surface area contributed by atoms with Gasteiger partial charge in [-0.2, -0.15) is 26.3 Å². The van der Waals surface area contributed by atoms with Crippen molar-refractivity contribution < 1.29 is 45.5 Å². The van der Waals surface area contributed by atoms with Crippen LogP contribution in [0.4, 0.5) is 37.7 Å². The number of fused-ring (bicyclic) bond motifs is 9. The predicted molar refractivity (Wildman–Crippen MR) is 182 cm³/mol. The maximum absolute atomic E-state index is 14.1. The number of benzene rings is 3. The van der Waals surface area contributed by atoms with E-state index in [1.807, 2.05) is 0 Å². The summed E-state index contributed by atoms with van der Waals surface area (Å²) in [6.45, 7) is -0.663. The second kappa shape index (κ2) is 12.5. The molecule has 4 aromatic rings. The Morgan fingerprint density at radius 1 is 0.904 bits per heavy atom. The van der Waals surface area contributed by atoms with E-state index in [1.165, 1.54) is 36.0 Å². The lowest BCUT2D eigenvalue weighted by Gasteiger charge is -2.43. The fourth-order valence-corrected chi connectivity index (χ4v) is 11.8. The Hall–Kier alpha value is -4.09. The number of nitrogens with one attached hydrogen (secondary N) is 2. The minimum absolute atomic E-state index is 0.207. The Bertz CT molecular complexity index is 2210. The van der Waals surface area contributed by atoms with Crippen LogP contribution in [-0.4, -0.2) is 34.6 Å². The van der Waals surface area contributed by atoms with Crippen molar-refractivity contribution in [1.29, 1.82) is 0 Å². The molecule has 3 heterocycles. The monoisotopic (exact) mass is 823 g/mol. The molecule has 52 heavy (non-hydrogen) atoms. The van der Waals surface area contributed by atoms with Gasteiger partial charge < -0.3 is 15.0 Å². The van der Waals surface area contributed by atoms with E-state index >= 15 is 0 Å². The Morgan fingerprint density at radius 2 is 1.56 bits per heavy atom.